The molecule has 0 saturated carbocycles. The number of alkyl halides is 2. The number of benzene rings is 2. The Labute approximate surface area is 115 Å². The first-order valence-electron chi connectivity index (χ1n) is 6.05. The smallest absolute Gasteiger partial charge is 0.387 e. The molecule has 2 aromatic carbocycles. The van der Waals surface area contributed by atoms with Crippen molar-refractivity contribution in [2.75, 3.05) is 7.11 Å². The Balaban J connectivity index is 2.34. The van der Waals surface area contributed by atoms with Crippen LogP contribution in [0.5, 0.6) is 11.5 Å². The predicted octanol–water partition coefficient (Wildman–Crippen LogP) is 3.34. The number of hydrogen-bond donors (Lipinski definition) is 1. The van der Waals surface area contributed by atoms with Gasteiger partial charge in [-0.2, -0.15) is 8.78 Å². The third-order valence-electron chi connectivity index (χ3n) is 2.92. The Morgan fingerprint density at radius 3 is 2.50 bits per heavy atom. The summed E-state index contributed by atoms with van der Waals surface area (Å²) in [4.78, 5) is 0. The lowest BCUT2D eigenvalue weighted by atomic mass is 9.98. The average molecular weight is 279 g/mol. The molecule has 20 heavy (non-hydrogen) atoms. The minimum Gasteiger partial charge on any atom is -0.497 e. The number of nitrogens with two attached hydrogens (primary N) is 1. The predicted molar refractivity (Wildman–Crippen MR) is 72.1 cm³/mol. The topological polar surface area (TPSA) is 44.5 Å². The number of methoxy groups -OCH3 is 1. The molecule has 0 spiro atoms. The molecule has 0 fully saturated rings. The molecule has 0 aliphatic rings. The van der Waals surface area contributed by atoms with Gasteiger partial charge in [-0.1, -0.05) is 30.3 Å². The average Bonchev–Trinajstić information content (AvgIpc) is 2.46. The van der Waals surface area contributed by atoms with Crippen molar-refractivity contribution in [1.29, 1.82) is 0 Å². The van der Waals surface area contributed by atoms with E-state index in [1.165, 1.54) is 6.07 Å². The second-order valence-electron chi connectivity index (χ2n) is 4.17. The molecule has 2 rings (SSSR count). The maximum Gasteiger partial charge on any atom is 0.387 e. The summed E-state index contributed by atoms with van der Waals surface area (Å²) in [6.45, 7) is -2.88. The quantitative estimate of drug-likeness (QED) is 0.913. The zero-order valence-corrected chi connectivity index (χ0v) is 10.9. The Bertz CT molecular complexity index is 575. The van der Waals surface area contributed by atoms with Crippen LogP contribution in [0.2, 0.25) is 0 Å². The third kappa shape index (κ3) is 3.24. The molecule has 0 heterocycles. The summed E-state index contributed by atoms with van der Waals surface area (Å²) in [5.41, 5.74) is 7.40. The van der Waals surface area contributed by atoms with E-state index in [0.29, 0.717) is 11.3 Å². The molecular weight excluding hydrogens is 264 g/mol. The molecule has 2 aromatic rings. The fourth-order valence-electron chi connectivity index (χ4n) is 1.96. The number of ether oxygens (including phenoxy) is 2. The van der Waals surface area contributed by atoms with Crippen molar-refractivity contribution in [2.45, 2.75) is 12.7 Å². The van der Waals surface area contributed by atoms with Gasteiger partial charge in [0.1, 0.15) is 11.5 Å². The van der Waals surface area contributed by atoms with E-state index in [-0.39, 0.29) is 5.75 Å². The molecular formula is C15H15F2NO2. The van der Waals surface area contributed by atoms with Gasteiger partial charge >= 0.3 is 6.61 Å². The molecule has 0 aliphatic heterocycles. The minimum absolute atomic E-state index is 0.0813. The van der Waals surface area contributed by atoms with Crippen molar-refractivity contribution in [1.82, 2.24) is 0 Å². The summed E-state index contributed by atoms with van der Waals surface area (Å²) in [6, 6.07) is 13.1. The number of halogens is 2. The highest BCUT2D eigenvalue weighted by atomic mass is 19.3. The van der Waals surface area contributed by atoms with Crippen LogP contribution in [-0.4, -0.2) is 13.7 Å². The van der Waals surface area contributed by atoms with E-state index in [9.17, 15) is 8.78 Å². The van der Waals surface area contributed by atoms with Crippen LogP contribution in [0.4, 0.5) is 8.78 Å². The first-order chi connectivity index (χ1) is 9.61. The van der Waals surface area contributed by atoms with Crippen molar-refractivity contribution in [3.63, 3.8) is 0 Å². The highest BCUT2D eigenvalue weighted by Crippen LogP contribution is 2.30. The standard InChI is InChI=1S/C15H15F2NO2/c1-19-11-6-4-5-10(9-11)14(18)12-7-2-3-8-13(12)20-15(16)17/h2-9,14-15H,18H2,1H3. The maximum atomic E-state index is 12.4. The van der Waals surface area contributed by atoms with Gasteiger partial charge in [-0.15, -0.1) is 0 Å². The SMILES string of the molecule is COc1cccc(C(N)c2ccccc2OC(F)F)c1. The van der Waals surface area contributed by atoms with Gasteiger partial charge < -0.3 is 15.2 Å². The van der Waals surface area contributed by atoms with Crippen molar-refractivity contribution in [2.24, 2.45) is 5.73 Å². The first-order valence-corrected chi connectivity index (χ1v) is 6.05. The minimum atomic E-state index is -2.88. The highest BCUT2D eigenvalue weighted by Gasteiger charge is 2.16. The van der Waals surface area contributed by atoms with Crippen LogP contribution >= 0.6 is 0 Å². The summed E-state index contributed by atoms with van der Waals surface area (Å²) in [5.74, 6) is 0.739. The van der Waals surface area contributed by atoms with E-state index in [0.717, 1.165) is 5.56 Å². The zero-order chi connectivity index (χ0) is 14.5. The van der Waals surface area contributed by atoms with Crippen molar-refractivity contribution >= 4 is 0 Å². The van der Waals surface area contributed by atoms with Gasteiger partial charge in [0.05, 0.1) is 13.2 Å². The Morgan fingerprint density at radius 2 is 1.80 bits per heavy atom. The fraction of sp³-hybridized carbons (Fsp3) is 0.200. The fourth-order valence-corrected chi connectivity index (χ4v) is 1.96. The van der Waals surface area contributed by atoms with E-state index in [1.807, 2.05) is 6.07 Å². The third-order valence-corrected chi connectivity index (χ3v) is 2.92. The lowest BCUT2D eigenvalue weighted by Crippen LogP contribution is -2.14. The van der Waals surface area contributed by atoms with Gasteiger partial charge in [0.25, 0.3) is 0 Å². The molecule has 0 radical (unpaired) electrons. The summed E-state index contributed by atoms with van der Waals surface area (Å²) in [5, 5.41) is 0. The number of hydrogen-bond acceptors (Lipinski definition) is 3. The van der Waals surface area contributed by atoms with Crippen molar-refractivity contribution < 1.29 is 18.3 Å². The van der Waals surface area contributed by atoms with Crippen LogP contribution in [0.3, 0.4) is 0 Å². The van der Waals surface area contributed by atoms with E-state index in [2.05, 4.69) is 4.74 Å². The van der Waals surface area contributed by atoms with Gasteiger partial charge in [-0.05, 0) is 23.8 Å². The molecule has 0 amide bonds. The van der Waals surface area contributed by atoms with E-state index in [1.54, 1.807) is 43.5 Å². The molecule has 106 valence electrons. The Hall–Kier alpha value is -2.14. The molecule has 0 aromatic heterocycles. The van der Waals surface area contributed by atoms with Crippen LogP contribution in [0.1, 0.15) is 17.2 Å². The Morgan fingerprint density at radius 1 is 1.05 bits per heavy atom. The molecule has 0 bridgehead atoms. The molecule has 0 saturated heterocycles. The first kappa shape index (κ1) is 14.3. The summed E-state index contributed by atoms with van der Waals surface area (Å²) >= 11 is 0. The molecule has 5 heteroatoms. The second kappa shape index (κ2) is 6.34. The van der Waals surface area contributed by atoms with E-state index < -0.39 is 12.7 Å². The number of para-hydroxylation sites is 1. The second-order valence-corrected chi connectivity index (χ2v) is 4.17. The lowest BCUT2D eigenvalue weighted by molar-refractivity contribution is -0.0505. The zero-order valence-electron chi connectivity index (χ0n) is 10.9. The van der Waals surface area contributed by atoms with Crippen LogP contribution < -0.4 is 15.2 Å². The summed E-state index contributed by atoms with van der Waals surface area (Å²) < 4.78 is 34.4. The summed E-state index contributed by atoms with van der Waals surface area (Å²) in [7, 11) is 1.55. The molecule has 1 unspecified atom stereocenters. The Kier molecular flexibility index (Phi) is 4.53. The van der Waals surface area contributed by atoms with Crippen LogP contribution in [0.15, 0.2) is 48.5 Å². The van der Waals surface area contributed by atoms with Gasteiger partial charge in [-0.3, -0.25) is 0 Å². The molecule has 0 aliphatic carbocycles. The van der Waals surface area contributed by atoms with Gasteiger partial charge in [0.2, 0.25) is 0 Å². The van der Waals surface area contributed by atoms with E-state index in [4.69, 9.17) is 10.5 Å². The van der Waals surface area contributed by atoms with Crippen LogP contribution in [-0.2, 0) is 0 Å². The van der Waals surface area contributed by atoms with Gasteiger partial charge in [0, 0.05) is 5.56 Å². The molecule has 1 atom stereocenters. The van der Waals surface area contributed by atoms with Crippen LogP contribution in [0.25, 0.3) is 0 Å². The van der Waals surface area contributed by atoms with E-state index >= 15 is 0 Å². The molecule has 2 N–H and O–H groups in total. The normalized spacial score (nSPS) is 12.2. The summed E-state index contributed by atoms with van der Waals surface area (Å²) in [6.07, 6.45) is 0. The van der Waals surface area contributed by atoms with Gasteiger partial charge in [0.15, 0.2) is 0 Å². The van der Waals surface area contributed by atoms with Crippen LogP contribution in [0, 0.1) is 0 Å². The lowest BCUT2D eigenvalue weighted by Gasteiger charge is -2.17. The van der Waals surface area contributed by atoms with Gasteiger partial charge in [-0.25, -0.2) is 0 Å². The monoisotopic (exact) mass is 279 g/mol. The maximum absolute atomic E-state index is 12.4. The highest BCUT2D eigenvalue weighted by molar-refractivity contribution is 5.43. The number of rotatable bonds is 5. The molecule has 3 nitrogen and oxygen atoms in total. The van der Waals surface area contributed by atoms with Crippen molar-refractivity contribution in [3.8, 4) is 11.5 Å². The largest absolute Gasteiger partial charge is 0.497 e. The van der Waals surface area contributed by atoms with Crippen molar-refractivity contribution in [3.05, 3.63) is 59.7 Å².